The SMILES string of the molecule is CNS(=O)(=O)c1ccc(NC2(CO)CCCCC2)cc1N. The van der Waals surface area contributed by atoms with Crippen molar-refractivity contribution in [3.63, 3.8) is 0 Å². The second kappa shape index (κ2) is 6.21. The highest BCUT2D eigenvalue weighted by atomic mass is 32.2. The third-order valence-corrected chi connectivity index (χ3v) is 5.58. The molecular formula is C14H23N3O3S. The predicted octanol–water partition coefficient (Wildman–Crippen LogP) is 1.28. The number of aliphatic hydroxyl groups is 1. The van der Waals surface area contributed by atoms with Crippen LogP contribution in [0, 0.1) is 0 Å². The predicted molar refractivity (Wildman–Crippen MR) is 83.6 cm³/mol. The van der Waals surface area contributed by atoms with E-state index >= 15 is 0 Å². The number of nitrogens with two attached hydrogens (primary N) is 1. The van der Waals surface area contributed by atoms with Gasteiger partial charge in [-0.05, 0) is 38.1 Å². The van der Waals surface area contributed by atoms with Gasteiger partial charge in [-0.2, -0.15) is 0 Å². The minimum atomic E-state index is -3.55. The third kappa shape index (κ3) is 3.48. The van der Waals surface area contributed by atoms with Crippen LogP contribution in [0.15, 0.2) is 23.1 Å². The average Bonchev–Trinajstić information content (AvgIpc) is 2.48. The zero-order valence-electron chi connectivity index (χ0n) is 12.2. The number of rotatable bonds is 5. The normalized spacial score (nSPS) is 18.4. The van der Waals surface area contributed by atoms with Gasteiger partial charge in [0.2, 0.25) is 10.0 Å². The monoisotopic (exact) mass is 313 g/mol. The molecule has 1 aliphatic carbocycles. The summed E-state index contributed by atoms with van der Waals surface area (Å²) in [5, 5.41) is 13.0. The highest BCUT2D eigenvalue weighted by molar-refractivity contribution is 7.89. The first-order valence-corrected chi connectivity index (χ1v) is 8.63. The molecule has 6 nitrogen and oxygen atoms in total. The molecule has 5 N–H and O–H groups in total. The van der Waals surface area contributed by atoms with Crippen molar-refractivity contribution < 1.29 is 13.5 Å². The van der Waals surface area contributed by atoms with Gasteiger partial charge in [0.15, 0.2) is 0 Å². The van der Waals surface area contributed by atoms with Crippen LogP contribution in [0.1, 0.15) is 32.1 Å². The van der Waals surface area contributed by atoms with E-state index in [1.165, 1.54) is 19.5 Å². The summed E-state index contributed by atoms with van der Waals surface area (Å²) in [6.45, 7) is 0.0590. The highest BCUT2D eigenvalue weighted by Crippen LogP contribution is 2.32. The molecule has 0 spiro atoms. The Morgan fingerprint density at radius 3 is 2.48 bits per heavy atom. The quantitative estimate of drug-likeness (QED) is 0.613. The molecule has 118 valence electrons. The smallest absolute Gasteiger partial charge is 0.242 e. The van der Waals surface area contributed by atoms with Crippen molar-refractivity contribution in [3.8, 4) is 0 Å². The lowest BCUT2D eigenvalue weighted by molar-refractivity contribution is 0.173. The van der Waals surface area contributed by atoms with E-state index in [1.807, 2.05) is 0 Å². The molecular weight excluding hydrogens is 290 g/mol. The number of benzene rings is 1. The standard InChI is InChI=1S/C14H23N3O3S/c1-16-21(19,20)13-6-5-11(9-12(13)15)17-14(10-18)7-3-2-4-8-14/h5-6,9,16-18H,2-4,7-8,10,15H2,1H3. The number of aliphatic hydroxyl groups excluding tert-OH is 1. The van der Waals surface area contributed by atoms with Crippen molar-refractivity contribution in [1.29, 1.82) is 0 Å². The van der Waals surface area contributed by atoms with E-state index in [-0.39, 0.29) is 22.7 Å². The molecule has 1 aromatic rings. The molecule has 0 aliphatic heterocycles. The lowest BCUT2D eigenvalue weighted by Gasteiger charge is -2.37. The lowest BCUT2D eigenvalue weighted by Crippen LogP contribution is -2.43. The van der Waals surface area contributed by atoms with Crippen molar-refractivity contribution in [2.75, 3.05) is 24.7 Å². The fourth-order valence-corrected chi connectivity index (χ4v) is 3.67. The maximum absolute atomic E-state index is 11.8. The molecule has 21 heavy (non-hydrogen) atoms. The van der Waals surface area contributed by atoms with Gasteiger partial charge in [-0.3, -0.25) is 0 Å². The Bertz CT molecular complexity index is 595. The van der Waals surface area contributed by atoms with Gasteiger partial charge in [-0.1, -0.05) is 19.3 Å². The number of sulfonamides is 1. The van der Waals surface area contributed by atoms with E-state index in [1.54, 1.807) is 12.1 Å². The summed E-state index contributed by atoms with van der Waals surface area (Å²) in [7, 11) is -2.20. The zero-order valence-corrected chi connectivity index (χ0v) is 13.0. The lowest BCUT2D eigenvalue weighted by atomic mass is 9.82. The minimum Gasteiger partial charge on any atom is -0.398 e. The second-order valence-corrected chi connectivity index (χ2v) is 7.44. The number of hydrogen-bond donors (Lipinski definition) is 4. The second-order valence-electron chi connectivity index (χ2n) is 5.58. The van der Waals surface area contributed by atoms with Crippen LogP contribution in [0.4, 0.5) is 11.4 Å². The molecule has 0 radical (unpaired) electrons. The molecule has 0 bridgehead atoms. The van der Waals surface area contributed by atoms with Gasteiger partial charge < -0.3 is 16.2 Å². The largest absolute Gasteiger partial charge is 0.398 e. The Hall–Kier alpha value is -1.31. The summed E-state index contributed by atoms with van der Waals surface area (Å²) in [5.74, 6) is 0. The number of nitrogens with one attached hydrogen (secondary N) is 2. The van der Waals surface area contributed by atoms with Gasteiger partial charge in [0.25, 0.3) is 0 Å². The molecule has 0 amide bonds. The van der Waals surface area contributed by atoms with Gasteiger partial charge in [-0.25, -0.2) is 13.1 Å². The summed E-state index contributed by atoms with van der Waals surface area (Å²) in [4.78, 5) is 0.0669. The fraction of sp³-hybridized carbons (Fsp3) is 0.571. The molecule has 1 saturated carbocycles. The maximum Gasteiger partial charge on any atom is 0.242 e. The first-order valence-electron chi connectivity index (χ1n) is 7.15. The molecule has 1 fully saturated rings. The van der Waals surface area contributed by atoms with E-state index in [9.17, 15) is 13.5 Å². The number of hydrogen-bond acceptors (Lipinski definition) is 5. The van der Waals surface area contributed by atoms with Gasteiger partial charge in [0.1, 0.15) is 4.90 Å². The summed E-state index contributed by atoms with van der Waals surface area (Å²) in [6.07, 6.45) is 5.15. The molecule has 0 atom stereocenters. The maximum atomic E-state index is 11.8. The molecule has 0 unspecified atom stereocenters. The summed E-state index contributed by atoms with van der Waals surface area (Å²) >= 11 is 0. The van der Waals surface area contributed by atoms with Crippen LogP contribution in [-0.4, -0.2) is 32.7 Å². The van der Waals surface area contributed by atoms with E-state index < -0.39 is 10.0 Å². The molecule has 1 aliphatic rings. The van der Waals surface area contributed by atoms with Crippen LogP contribution in [0.5, 0.6) is 0 Å². The van der Waals surface area contributed by atoms with Gasteiger partial charge in [-0.15, -0.1) is 0 Å². The Kier molecular flexibility index (Phi) is 4.75. The molecule has 0 heterocycles. The van der Waals surface area contributed by atoms with Crippen LogP contribution in [-0.2, 0) is 10.0 Å². The molecule has 1 aromatic carbocycles. The first kappa shape index (κ1) is 16.1. The molecule has 7 heteroatoms. The van der Waals surface area contributed by atoms with E-state index in [0.29, 0.717) is 0 Å². The van der Waals surface area contributed by atoms with Crippen LogP contribution in [0.25, 0.3) is 0 Å². The van der Waals surface area contributed by atoms with Gasteiger partial charge >= 0.3 is 0 Å². The Labute approximate surface area is 125 Å². The van der Waals surface area contributed by atoms with Crippen molar-refractivity contribution in [1.82, 2.24) is 4.72 Å². The van der Waals surface area contributed by atoms with Crippen molar-refractivity contribution in [2.45, 2.75) is 42.5 Å². The van der Waals surface area contributed by atoms with Crippen molar-refractivity contribution in [2.24, 2.45) is 0 Å². The Balaban J connectivity index is 2.24. The van der Waals surface area contributed by atoms with Gasteiger partial charge in [0, 0.05) is 5.69 Å². The van der Waals surface area contributed by atoms with E-state index in [4.69, 9.17) is 5.73 Å². The van der Waals surface area contributed by atoms with Crippen LogP contribution < -0.4 is 15.8 Å². The van der Waals surface area contributed by atoms with Crippen LogP contribution in [0.2, 0.25) is 0 Å². The van der Waals surface area contributed by atoms with Crippen LogP contribution in [0.3, 0.4) is 0 Å². The zero-order chi connectivity index (χ0) is 15.5. The summed E-state index contributed by atoms with van der Waals surface area (Å²) in [6, 6.07) is 4.78. The number of nitrogen functional groups attached to an aromatic ring is 1. The molecule has 2 rings (SSSR count). The van der Waals surface area contributed by atoms with Crippen molar-refractivity contribution in [3.05, 3.63) is 18.2 Å². The first-order chi connectivity index (χ1) is 9.92. The third-order valence-electron chi connectivity index (χ3n) is 4.09. The Morgan fingerprint density at radius 2 is 1.95 bits per heavy atom. The fourth-order valence-electron chi connectivity index (χ4n) is 2.84. The summed E-state index contributed by atoms with van der Waals surface area (Å²) in [5.41, 5.74) is 6.45. The molecule has 0 saturated heterocycles. The van der Waals surface area contributed by atoms with E-state index in [2.05, 4.69) is 10.0 Å². The van der Waals surface area contributed by atoms with Crippen molar-refractivity contribution >= 4 is 21.4 Å². The summed E-state index contributed by atoms with van der Waals surface area (Å²) < 4.78 is 25.8. The number of anilines is 2. The van der Waals surface area contributed by atoms with Crippen LogP contribution >= 0.6 is 0 Å². The topological polar surface area (TPSA) is 104 Å². The van der Waals surface area contributed by atoms with Gasteiger partial charge in [0.05, 0.1) is 17.8 Å². The minimum absolute atomic E-state index is 0.0590. The molecule has 0 aromatic heterocycles. The highest BCUT2D eigenvalue weighted by Gasteiger charge is 2.31. The van der Waals surface area contributed by atoms with E-state index in [0.717, 1.165) is 31.4 Å². The Morgan fingerprint density at radius 1 is 1.29 bits per heavy atom. The average molecular weight is 313 g/mol.